The van der Waals surface area contributed by atoms with Gasteiger partial charge in [0, 0.05) is 25.7 Å². The highest BCUT2D eigenvalue weighted by molar-refractivity contribution is 6.00. The summed E-state index contributed by atoms with van der Waals surface area (Å²) >= 11 is 0. The Morgan fingerprint density at radius 3 is 2.50 bits per heavy atom. The van der Waals surface area contributed by atoms with Gasteiger partial charge in [0.1, 0.15) is 11.8 Å². The fraction of sp³-hybridized carbons (Fsp3) is 0.556. The summed E-state index contributed by atoms with van der Waals surface area (Å²) in [5.41, 5.74) is 5.93. The SMILES string of the molecule is NC1CCN(C(=O)C2CCCN2C(=O)c2ccccc2OC(F)F)CC1. The van der Waals surface area contributed by atoms with Crippen molar-refractivity contribution < 1.29 is 23.1 Å². The van der Waals surface area contributed by atoms with Gasteiger partial charge in [-0.25, -0.2) is 0 Å². The van der Waals surface area contributed by atoms with E-state index in [-0.39, 0.29) is 23.3 Å². The maximum absolute atomic E-state index is 12.9. The van der Waals surface area contributed by atoms with Crippen LogP contribution in [0.3, 0.4) is 0 Å². The summed E-state index contributed by atoms with van der Waals surface area (Å²) in [5.74, 6) is -0.713. The quantitative estimate of drug-likeness (QED) is 0.881. The van der Waals surface area contributed by atoms with Crippen LogP contribution in [0.4, 0.5) is 8.78 Å². The first-order valence-corrected chi connectivity index (χ1v) is 8.86. The van der Waals surface area contributed by atoms with Gasteiger partial charge in [0.15, 0.2) is 0 Å². The topological polar surface area (TPSA) is 75.9 Å². The third-order valence-electron chi connectivity index (χ3n) is 4.98. The fourth-order valence-electron chi connectivity index (χ4n) is 3.59. The van der Waals surface area contributed by atoms with Crippen LogP contribution < -0.4 is 10.5 Å². The van der Waals surface area contributed by atoms with Gasteiger partial charge in [0.05, 0.1) is 5.56 Å². The van der Waals surface area contributed by atoms with Crippen LogP contribution in [-0.2, 0) is 4.79 Å². The Morgan fingerprint density at radius 2 is 1.81 bits per heavy atom. The molecule has 26 heavy (non-hydrogen) atoms. The molecule has 2 amide bonds. The van der Waals surface area contributed by atoms with E-state index in [0.29, 0.717) is 32.5 Å². The summed E-state index contributed by atoms with van der Waals surface area (Å²) < 4.78 is 29.7. The molecule has 1 atom stereocenters. The molecule has 0 radical (unpaired) electrons. The highest BCUT2D eigenvalue weighted by Crippen LogP contribution is 2.27. The molecule has 0 aliphatic carbocycles. The lowest BCUT2D eigenvalue weighted by molar-refractivity contribution is -0.136. The van der Waals surface area contributed by atoms with E-state index in [1.54, 1.807) is 11.0 Å². The average Bonchev–Trinajstić information content (AvgIpc) is 3.11. The molecule has 1 aromatic carbocycles. The number of nitrogens with two attached hydrogens (primary N) is 1. The van der Waals surface area contributed by atoms with Crippen molar-refractivity contribution in [2.45, 2.75) is 44.4 Å². The number of amides is 2. The minimum atomic E-state index is -3.02. The van der Waals surface area contributed by atoms with Crippen molar-refractivity contribution in [1.82, 2.24) is 9.80 Å². The van der Waals surface area contributed by atoms with E-state index in [4.69, 9.17) is 5.73 Å². The van der Waals surface area contributed by atoms with Crippen LogP contribution in [0.25, 0.3) is 0 Å². The van der Waals surface area contributed by atoms with Crippen LogP contribution in [0, 0.1) is 0 Å². The van der Waals surface area contributed by atoms with Crippen LogP contribution in [0.2, 0.25) is 0 Å². The Bertz CT molecular complexity index is 663. The zero-order valence-corrected chi connectivity index (χ0v) is 14.4. The predicted octanol–water partition coefficient (Wildman–Crippen LogP) is 1.84. The molecular weight excluding hydrogens is 344 g/mol. The molecule has 2 aliphatic heterocycles. The molecular formula is C18H23F2N3O3. The Morgan fingerprint density at radius 1 is 1.12 bits per heavy atom. The number of ether oxygens (including phenoxy) is 1. The molecule has 142 valence electrons. The zero-order chi connectivity index (χ0) is 18.7. The second-order valence-electron chi connectivity index (χ2n) is 6.69. The van der Waals surface area contributed by atoms with Crippen LogP contribution >= 0.6 is 0 Å². The van der Waals surface area contributed by atoms with Gasteiger partial charge in [-0.2, -0.15) is 8.78 Å². The third-order valence-corrected chi connectivity index (χ3v) is 4.98. The molecule has 0 spiro atoms. The van der Waals surface area contributed by atoms with E-state index in [1.807, 2.05) is 0 Å². The minimum Gasteiger partial charge on any atom is -0.434 e. The first kappa shape index (κ1) is 18.6. The van der Waals surface area contributed by atoms with Gasteiger partial charge >= 0.3 is 6.61 Å². The summed E-state index contributed by atoms with van der Waals surface area (Å²) in [4.78, 5) is 29.0. The van der Waals surface area contributed by atoms with Crippen molar-refractivity contribution in [3.05, 3.63) is 29.8 Å². The predicted molar refractivity (Wildman–Crippen MR) is 90.9 cm³/mol. The molecule has 0 aromatic heterocycles. The zero-order valence-electron chi connectivity index (χ0n) is 14.4. The molecule has 2 N–H and O–H groups in total. The number of para-hydroxylation sites is 1. The van der Waals surface area contributed by atoms with Crippen LogP contribution in [0.5, 0.6) is 5.75 Å². The standard InChI is InChI=1S/C18H23F2N3O3/c19-18(20)26-15-6-2-1-4-13(15)16(24)23-9-3-5-14(23)17(25)22-10-7-12(21)8-11-22/h1-2,4,6,12,14,18H,3,5,7-11,21H2. The highest BCUT2D eigenvalue weighted by atomic mass is 19.3. The van der Waals surface area contributed by atoms with Crippen LogP contribution in [0.1, 0.15) is 36.0 Å². The van der Waals surface area contributed by atoms with Gasteiger partial charge in [0.2, 0.25) is 5.91 Å². The normalized spacial score (nSPS) is 21.3. The summed E-state index contributed by atoms with van der Waals surface area (Å²) in [7, 11) is 0. The maximum Gasteiger partial charge on any atom is 0.387 e. The monoisotopic (exact) mass is 367 g/mol. The second kappa shape index (κ2) is 7.99. The van der Waals surface area contributed by atoms with E-state index in [2.05, 4.69) is 4.74 Å². The van der Waals surface area contributed by atoms with Gasteiger partial charge in [-0.05, 0) is 37.8 Å². The third kappa shape index (κ3) is 3.95. The number of rotatable bonds is 4. The van der Waals surface area contributed by atoms with Crippen LogP contribution in [-0.4, -0.2) is 59.9 Å². The number of hydrogen-bond acceptors (Lipinski definition) is 4. The molecule has 2 heterocycles. The molecule has 0 saturated carbocycles. The lowest BCUT2D eigenvalue weighted by Crippen LogP contribution is -2.51. The lowest BCUT2D eigenvalue weighted by atomic mass is 10.0. The number of piperidine rings is 1. The van der Waals surface area contributed by atoms with Gasteiger partial charge in [0.25, 0.3) is 5.91 Å². The van der Waals surface area contributed by atoms with Gasteiger partial charge in [-0.3, -0.25) is 9.59 Å². The van der Waals surface area contributed by atoms with E-state index in [1.165, 1.54) is 23.1 Å². The number of carbonyl (C=O) groups is 2. The summed E-state index contributed by atoms with van der Waals surface area (Å²) in [6.07, 6.45) is 2.77. The van der Waals surface area contributed by atoms with Crippen molar-refractivity contribution in [2.75, 3.05) is 19.6 Å². The number of hydrogen-bond donors (Lipinski definition) is 1. The average molecular weight is 367 g/mol. The summed E-state index contributed by atoms with van der Waals surface area (Å²) in [5, 5.41) is 0. The Balaban J connectivity index is 1.76. The molecule has 0 bridgehead atoms. The smallest absolute Gasteiger partial charge is 0.387 e. The number of halogens is 2. The molecule has 1 unspecified atom stereocenters. The van der Waals surface area contributed by atoms with E-state index in [0.717, 1.165) is 12.8 Å². The van der Waals surface area contributed by atoms with Crippen LogP contribution in [0.15, 0.2) is 24.3 Å². The van der Waals surface area contributed by atoms with E-state index >= 15 is 0 Å². The van der Waals surface area contributed by atoms with E-state index in [9.17, 15) is 18.4 Å². The molecule has 2 fully saturated rings. The Hall–Kier alpha value is -2.22. The van der Waals surface area contributed by atoms with Crippen molar-refractivity contribution in [3.63, 3.8) is 0 Å². The van der Waals surface area contributed by atoms with Crippen molar-refractivity contribution >= 4 is 11.8 Å². The number of benzene rings is 1. The highest BCUT2D eigenvalue weighted by Gasteiger charge is 2.38. The number of alkyl halides is 2. The largest absolute Gasteiger partial charge is 0.434 e. The summed E-state index contributed by atoms with van der Waals surface area (Å²) in [6.45, 7) is -1.42. The van der Waals surface area contributed by atoms with Gasteiger partial charge in [-0.1, -0.05) is 12.1 Å². The molecule has 3 rings (SSSR count). The van der Waals surface area contributed by atoms with Crippen molar-refractivity contribution in [1.29, 1.82) is 0 Å². The number of carbonyl (C=O) groups excluding carboxylic acids is 2. The molecule has 2 aliphatic rings. The molecule has 2 saturated heterocycles. The lowest BCUT2D eigenvalue weighted by Gasteiger charge is -2.34. The van der Waals surface area contributed by atoms with Gasteiger partial charge < -0.3 is 20.3 Å². The first-order chi connectivity index (χ1) is 12.5. The van der Waals surface area contributed by atoms with Crippen molar-refractivity contribution in [3.8, 4) is 5.75 Å². The van der Waals surface area contributed by atoms with Gasteiger partial charge in [-0.15, -0.1) is 0 Å². The molecule has 8 heteroatoms. The first-order valence-electron chi connectivity index (χ1n) is 8.86. The Kier molecular flexibility index (Phi) is 5.70. The fourth-order valence-corrected chi connectivity index (χ4v) is 3.59. The summed E-state index contributed by atoms with van der Waals surface area (Å²) in [6, 6.07) is 5.44. The Labute approximate surface area is 150 Å². The molecule has 6 nitrogen and oxygen atoms in total. The van der Waals surface area contributed by atoms with Crippen molar-refractivity contribution in [2.24, 2.45) is 5.73 Å². The number of nitrogens with zero attached hydrogens (tertiary/aromatic N) is 2. The molecule has 1 aromatic rings. The minimum absolute atomic E-state index is 0.0492. The second-order valence-corrected chi connectivity index (χ2v) is 6.69. The number of likely N-dealkylation sites (tertiary alicyclic amines) is 2. The maximum atomic E-state index is 12.9. The van der Waals surface area contributed by atoms with E-state index < -0.39 is 18.6 Å².